The van der Waals surface area contributed by atoms with Crippen LogP contribution in [0, 0.1) is 11.3 Å². The fraction of sp³-hybridized carbons (Fsp3) is 0.100. The van der Waals surface area contributed by atoms with Gasteiger partial charge >= 0.3 is 0 Å². The van der Waals surface area contributed by atoms with Gasteiger partial charge in [-0.2, -0.15) is 5.26 Å². The zero-order valence-electron chi connectivity index (χ0n) is 13.9. The number of aromatic nitrogens is 1. The molecule has 0 spiro atoms. The van der Waals surface area contributed by atoms with E-state index in [0.29, 0.717) is 16.3 Å². The van der Waals surface area contributed by atoms with Gasteiger partial charge in [0, 0.05) is 17.4 Å². The van der Waals surface area contributed by atoms with Crippen LogP contribution in [0.4, 0.5) is 0 Å². The van der Waals surface area contributed by atoms with Crippen LogP contribution in [0.15, 0.2) is 65.7 Å². The molecule has 0 unspecified atom stereocenters. The minimum atomic E-state index is -1.37. The molecule has 3 rings (SSSR count). The summed E-state index contributed by atoms with van der Waals surface area (Å²) in [6.45, 7) is 0. The van der Waals surface area contributed by atoms with Crippen LogP contribution >= 0.6 is 0 Å². The molecule has 3 aromatic rings. The Bertz CT molecular complexity index is 961. The Morgan fingerprint density at radius 2 is 1.72 bits per heavy atom. The highest BCUT2D eigenvalue weighted by Crippen LogP contribution is 2.31. The van der Waals surface area contributed by atoms with E-state index in [1.807, 2.05) is 60.7 Å². The van der Waals surface area contributed by atoms with Crippen LogP contribution in [-0.4, -0.2) is 22.6 Å². The van der Waals surface area contributed by atoms with Crippen molar-refractivity contribution in [3.63, 3.8) is 0 Å². The molecular formula is C20H16N2O2S. The molecule has 0 N–H and O–H groups in total. The summed E-state index contributed by atoms with van der Waals surface area (Å²) in [5, 5.41) is 9.90. The van der Waals surface area contributed by atoms with Crippen LogP contribution in [-0.2, 0) is 10.8 Å². The number of rotatable bonds is 4. The van der Waals surface area contributed by atoms with Crippen molar-refractivity contribution in [2.24, 2.45) is 0 Å². The minimum Gasteiger partial charge on any atom is -0.497 e. The van der Waals surface area contributed by atoms with Crippen molar-refractivity contribution in [3.05, 3.63) is 66.2 Å². The number of nitriles is 1. The monoisotopic (exact) mass is 348 g/mol. The van der Waals surface area contributed by atoms with E-state index in [0.717, 1.165) is 22.4 Å². The van der Waals surface area contributed by atoms with Crippen molar-refractivity contribution < 1.29 is 8.95 Å². The summed E-state index contributed by atoms with van der Waals surface area (Å²) < 4.78 is 17.4. The van der Waals surface area contributed by atoms with E-state index >= 15 is 0 Å². The van der Waals surface area contributed by atoms with Crippen molar-refractivity contribution >= 4 is 10.8 Å². The molecule has 0 saturated heterocycles. The maximum absolute atomic E-state index is 12.2. The predicted octanol–water partition coefficient (Wildman–Crippen LogP) is 4.03. The first-order valence-electron chi connectivity index (χ1n) is 7.62. The van der Waals surface area contributed by atoms with Crippen molar-refractivity contribution in [1.29, 1.82) is 5.26 Å². The smallest absolute Gasteiger partial charge is 0.146 e. The Kier molecular flexibility index (Phi) is 4.92. The molecule has 0 fully saturated rings. The average molecular weight is 348 g/mol. The molecule has 1 heterocycles. The summed E-state index contributed by atoms with van der Waals surface area (Å²) in [6, 6.07) is 21.1. The van der Waals surface area contributed by atoms with Crippen LogP contribution in [0.25, 0.3) is 22.4 Å². The molecule has 0 radical (unpaired) electrons. The predicted molar refractivity (Wildman–Crippen MR) is 98.7 cm³/mol. The average Bonchev–Trinajstić information content (AvgIpc) is 2.67. The van der Waals surface area contributed by atoms with E-state index in [2.05, 4.69) is 11.1 Å². The van der Waals surface area contributed by atoms with E-state index in [4.69, 9.17) is 4.74 Å². The topological polar surface area (TPSA) is 63.0 Å². The molecule has 0 aliphatic carbocycles. The molecule has 5 heteroatoms. The summed E-state index contributed by atoms with van der Waals surface area (Å²) >= 11 is 0. The zero-order chi connectivity index (χ0) is 17.8. The number of ether oxygens (including phenoxy) is 1. The zero-order valence-corrected chi connectivity index (χ0v) is 14.7. The fourth-order valence-electron chi connectivity index (χ4n) is 2.59. The van der Waals surface area contributed by atoms with Crippen molar-refractivity contribution in [3.8, 4) is 34.2 Å². The second-order valence-corrected chi connectivity index (χ2v) is 6.69. The van der Waals surface area contributed by atoms with Gasteiger partial charge in [0.05, 0.1) is 29.2 Å². The molecular weight excluding hydrogens is 332 g/mol. The summed E-state index contributed by atoms with van der Waals surface area (Å²) in [4.78, 5) is 4.49. The Morgan fingerprint density at radius 1 is 1.04 bits per heavy atom. The third kappa shape index (κ3) is 3.44. The highest BCUT2D eigenvalue weighted by molar-refractivity contribution is 7.84. The van der Waals surface area contributed by atoms with Crippen molar-refractivity contribution in [1.82, 2.24) is 4.98 Å². The minimum absolute atomic E-state index is 0.301. The van der Waals surface area contributed by atoms with Gasteiger partial charge in [0.15, 0.2) is 0 Å². The number of pyridine rings is 1. The molecule has 4 nitrogen and oxygen atoms in total. The summed E-state index contributed by atoms with van der Waals surface area (Å²) in [5.74, 6) is 0.750. The molecule has 1 atom stereocenters. The van der Waals surface area contributed by atoms with Crippen LogP contribution in [0.2, 0.25) is 0 Å². The van der Waals surface area contributed by atoms with Gasteiger partial charge in [-0.3, -0.25) is 4.21 Å². The van der Waals surface area contributed by atoms with Gasteiger partial charge in [-0.05, 0) is 35.9 Å². The molecule has 25 heavy (non-hydrogen) atoms. The Hall–Kier alpha value is -2.97. The SMILES string of the molecule is COc1ccc(-c2cc(-c3ccccc3)c(C#N)c([S@@](C)=O)n2)cc1. The van der Waals surface area contributed by atoms with E-state index in [1.54, 1.807) is 7.11 Å². The second-order valence-electron chi connectivity index (χ2n) is 5.40. The van der Waals surface area contributed by atoms with Gasteiger partial charge in [0.1, 0.15) is 16.8 Å². The first-order chi connectivity index (χ1) is 12.1. The summed E-state index contributed by atoms with van der Waals surface area (Å²) in [6.07, 6.45) is 1.54. The lowest BCUT2D eigenvalue weighted by Crippen LogP contribution is -2.01. The van der Waals surface area contributed by atoms with Crippen molar-refractivity contribution in [2.45, 2.75) is 5.03 Å². The number of nitrogens with zero attached hydrogens (tertiary/aromatic N) is 2. The summed E-state index contributed by atoms with van der Waals surface area (Å²) in [7, 11) is 0.239. The van der Waals surface area contributed by atoms with Gasteiger partial charge in [0.2, 0.25) is 0 Å². The highest BCUT2D eigenvalue weighted by atomic mass is 32.2. The first kappa shape index (κ1) is 16.9. The largest absolute Gasteiger partial charge is 0.497 e. The number of hydrogen-bond donors (Lipinski definition) is 0. The van der Waals surface area contributed by atoms with E-state index < -0.39 is 10.8 Å². The van der Waals surface area contributed by atoms with Gasteiger partial charge in [-0.25, -0.2) is 4.98 Å². The maximum Gasteiger partial charge on any atom is 0.146 e. The number of methoxy groups -OCH3 is 1. The number of hydrogen-bond acceptors (Lipinski definition) is 4. The van der Waals surface area contributed by atoms with E-state index in [-0.39, 0.29) is 0 Å². The second kappa shape index (κ2) is 7.29. The van der Waals surface area contributed by atoms with Gasteiger partial charge in [-0.15, -0.1) is 0 Å². The Morgan fingerprint density at radius 3 is 2.28 bits per heavy atom. The molecule has 0 aliphatic heterocycles. The van der Waals surface area contributed by atoms with Gasteiger partial charge < -0.3 is 4.74 Å². The van der Waals surface area contributed by atoms with Gasteiger partial charge in [-0.1, -0.05) is 30.3 Å². The molecule has 0 aliphatic rings. The van der Waals surface area contributed by atoms with Crippen LogP contribution in [0.5, 0.6) is 5.75 Å². The molecule has 1 aromatic heterocycles. The highest BCUT2D eigenvalue weighted by Gasteiger charge is 2.17. The summed E-state index contributed by atoms with van der Waals surface area (Å²) in [5.41, 5.74) is 3.52. The molecule has 0 saturated carbocycles. The van der Waals surface area contributed by atoms with E-state index in [1.165, 1.54) is 6.26 Å². The number of benzene rings is 2. The molecule has 0 bridgehead atoms. The Balaban J connectivity index is 2.25. The van der Waals surface area contributed by atoms with E-state index in [9.17, 15) is 9.47 Å². The Labute approximate surface area is 149 Å². The third-order valence-corrected chi connectivity index (χ3v) is 4.68. The molecule has 124 valence electrons. The lowest BCUT2D eigenvalue weighted by molar-refractivity contribution is 0.415. The lowest BCUT2D eigenvalue weighted by Gasteiger charge is -2.11. The standard InChI is InChI=1S/C20H16N2O2S/c1-24-16-10-8-15(9-11-16)19-12-17(14-6-4-3-5-7-14)18(13-21)20(22-19)25(2)23/h3-12H,1-2H3/t25-/m1/s1. The van der Waals surface area contributed by atoms with Crippen LogP contribution in [0.3, 0.4) is 0 Å². The van der Waals surface area contributed by atoms with Crippen molar-refractivity contribution in [2.75, 3.05) is 13.4 Å². The maximum atomic E-state index is 12.2. The van der Waals surface area contributed by atoms with Crippen LogP contribution in [0.1, 0.15) is 5.56 Å². The molecule has 0 amide bonds. The normalized spacial score (nSPS) is 11.6. The first-order valence-corrected chi connectivity index (χ1v) is 9.18. The lowest BCUT2D eigenvalue weighted by atomic mass is 9.99. The van der Waals surface area contributed by atoms with Gasteiger partial charge in [0.25, 0.3) is 0 Å². The quantitative estimate of drug-likeness (QED) is 0.714. The molecule has 2 aromatic carbocycles. The third-order valence-electron chi connectivity index (χ3n) is 3.84. The fourth-order valence-corrected chi connectivity index (χ4v) is 3.26. The van der Waals surface area contributed by atoms with Crippen LogP contribution < -0.4 is 4.74 Å².